The molecule has 0 aromatic heterocycles. The molecule has 0 spiro atoms. The van der Waals surface area contributed by atoms with Gasteiger partial charge in [-0.05, 0) is 61.9 Å². The molecule has 0 radical (unpaired) electrons. The zero-order chi connectivity index (χ0) is 29.8. The van der Waals surface area contributed by atoms with Gasteiger partial charge in [-0.3, -0.25) is 13.9 Å². The maximum absolute atomic E-state index is 13.8. The minimum Gasteiger partial charge on any atom is -0.357 e. The van der Waals surface area contributed by atoms with E-state index in [0.717, 1.165) is 22.2 Å². The van der Waals surface area contributed by atoms with E-state index in [1.165, 1.54) is 43.1 Å². The van der Waals surface area contributed by atoms with Crippen LogP contribution in [0.15, 0.2) is 76.1 Å². The summed E-state index contributed by atoms with van der Waals surface area (Å²) in [5.41, 5.74) is -0.269. The second-order valence-corrected chi connectivity index (χ2v) is 12.1. The Balaban J connectivity index is 2.12. The summed E-state index contributed by atoms with van der Waals surface area (Å²) in [6, 6.07) is 14.2. The van der Waals surface area contributed by atoms with Crippen molar-refractivity contribution >= 4 is 55.1 Å². The first-order chi connectivity index (χ1) is 18.6. The maximum Gasteiger partial charge on any atom is 0.417 e. The standard InChI is InChI=1S/C27H26BrClF3N3O4S/c1-17-4-11-22(12-5-17)40(38,39)35(21-10-13-24(29)23(14-21)27(30,31)32)16-25(36)34(18(2)26(37)33-3)15-19-6-8-20(28)9-7-19/h4-14,18H,15-16H2,1-3H3,(H,33,37). The Bertz CT molecular complexity index is 1480. The first-order valence-electron chi connectivity index (χ1n) is 11.9. The average molecular weight is 661 g/mol. The largest absolute Gasteiger partial charge is 0.417 e. The van der Waals surface area contributed by atoms with Gasteiger partial charge >= 0.3 is 6.18 Å². The summed E-state index contributed by atoms with van der Waals surface area (Å²) in [6.45, 7) is 2.27. The van der Waals surface area contributed by atoms with E-state index >= 15 is 0 Å². The van der Waals surface area contributed by atoms with Crippen LogP contribution in [0.5, 0.6) is 0 Å². The highest BCUT2D eigenvalue weighted by Crippen LogP contribution is 2.38. The Kier molecular flexibility index (Phi) is 9.91. The molecule has 0 saturated carbocycles. The number of amides is 2. The summed E-state index contributed by atoms with van der Waals surface area (Å²) in [5, 5.41) is 1.84. The number of hydrogen-bond donors (Lipinski definition) is 1. The van der Waals surface area contributed by atoms with Gasteiger partial charge in [-0.1, -0.05) is 57.4 Å². The number of rotatable bonds is 9. The van der Waals surface area contributed by atoms with Crippen LogP contribution in [0.1, 0.15) is 23.6 Å². The number of alkyl halides is 3. The number of benzene rings is 3. The molecule has 0 saturated heterocycles. The Hall–Kier alpha value is -3.09. The van der Waals surface area contributed by atoms with Crippen molar-refractivity contribution in [3.8, 4) is 0 Å². The quantitative estimate of drug-likeness (QED) is 0.315. The summed E-state index contributed by atoms with van der Waals surface area (Å²) in [5.74, 6) is -1.32. The summed E-state index contributed by atoms with van der Waals surface area (Å²) in [7, 11) is -3.15. The van der Waals surface area contributed by atoms with Gasteiger partial charge in [0.15, 0.2) is 0 Å². The SMILES string of the molecule is CNC(=O)C(C)N(Cc1ccc(Br)cc1)C(=O)CN(c1ccc(Cl)c(C(F)(F)F)c1)S(=O)(=O)c1ccc(C)cc1. The van der Waals surface area contributed by atoms with Gasteiger partial charge in [0.25, 0.3) is 10.0 Å². The van der Waals surface area contributed by atoms with Crippen LogP contribution < -0.4 is 9.62 Å². The van der Waals surface area contributed by atoms with E-state index in [9.17, 15) is 31.2 Å². The van der Waals surface area contributed by atoms with Crippen LogP contribution in [-0.2, 0) is 32.3 Å². The van der Waals surface area contributed by atoms with E-state index in [1.807, 2.05) is 0 Å². The lowest BCUT2D eigenvalue weighted by molar-refractivity contribution is -0.139. The van der Waals surface area contributed by atoms with Crippen LogP contribution in [-0.4, -0.2) is 44.8 Å². The van der Waals surface area contributed by atoms with Gasteiger partial charge in [0.05, 0.1) is 21.2 Å². The number of sulfonamides is 1. The lowest BCUT2D eigenvalue weighted by Gasteiger charge is -2.32. The summed E-state index contributed by atoms with van der Waals surface area (Å²) in [6.07, 6.45) is -4.88. The highest BCUT2D eigenvalue weighted by molar-refractivity contribution is 9.10. The number of hydrogen-bond acceptors (Lipinski definition) is 4. The first-order valence-corrected chi connectivity index (χ1v) is 14.5. The van der Waals surface area contributed by atoms with Gasteiger partial charge in [-0.15, -0.1) is 0 Å². The van der Waals surface area contributed by atoms with Crippen molar-refractivity contribution in [2.24, 2.45) is 0 Å². The predicted octanol–water partition coefficient (Wildman–Crippen LogP) is 5.79. The van der Waals surface area contributed by atoms with Crippen molar-refractivity contribution in [1.82, 2.24) is 10.2 Å². The second kappa shape index (κ2) is 12.6. The van der Waals surface area contributed by atoms with Gasteiger partial charge in [0, 0.05) is 18.1 Å². The molecule has 13 heteroatoms. The van der Waals surface area contributed by atoms with Crippen LogP contribution in [0.4, 0.5) is 18.9 Å². The number of likely N-dealkylation sites (N-methyl/N-ethyl adjacent to an activating group) is 1. The highest BCUT2D eigenvalue weighted by atomic mass is 79.9. The van der Waals surface area contributed by atoms with Crippen molar-refractivity contribution in [3.63, 3.8) is 0 Å². The summed E-state index contributed by atoms with van der Waals surface area (Å²) >= 11 is 9.10. The zero-order valence-electron chi connectivity index (χ0n) is 21.7. The molecule has 214 valence electrons. The molecule has 0 aliphatic carbocycles. The predicted molar refractivity (Wildman–Crippen MR) is 150 cm³/mol. The molecule has 3 rings (SSSR count). The fraction of sp³-hybridized carbons (Fsp3) is 0.259. The number of nitrogens with one attached hydrogen (secondary N) is 1. The van der Waals surface area contributed by atoms with Gasteiger partial charge < -0.3 is 10.2 Å². The smallest absolute Gasteiger partial charge is 0.357 e. The minimum atomic E-state index is -4.88. The topological polar surface area (TPSA) is 86.8 Å². The van der Waals surface area contributed by atoms with Gasteiger partial charge in [-0.25, -0.2) is 8.42 Å². The van der Waals surface area contributed by atoms with Crippen molar-refractivity contribution in [3.05, 3.63) is 92.9 Å². The third-order valence-corrected chi connectivity index (χ3v) is 8.76. The molecule has 3 aromatic carbocycles. The average Bonchev–Trinajstić information content (AvgIpc) is 2.90. The lowest BCUT2D eigenvalue weighted by Crippen LogP contribution is -2.50. The van der Waals surface area contributed by atoms with Crippen molar-refractivity contribution in [2.75, 3.05) is 17.9 Å². The first kappa shape index (κ1) is 31.4. The molecule has 0 bridgehead atoms. The molecule has 0 fully saturated rings. The van der Waals surface area contributed by atoms with Gasteiger partial charge in [0.2, 0.25) is 11.8 Å². The highest BCUT2D eigenvalue weighted by Gasteiger charge is 2.36. The van der Waals surface area contributed by atoms with Gasteiger partial charge in [0.1, 0.15) is 12.6 Å². The third kappa shape index (κ3) is 7.35. The van der Waals surface area contributed by atoms with Crippen LogP contribution in [0.25, 0.3) is 0 Å². The summed E-state index contributed by atoms with van der Waals surface area (Å²) < 4.78 is 69.9. The monoisotopic (exact) mass is 659 g/mol. The molecule has 3 aromatic rings. The number of carbonyl (C=O) groups is 2. The number of anilines is 1. The number of nitrogens with zero attached hydrogens (tertiary/aromatic N) is 2. The van der Waals surface area contributed by atoms with Crippen LogP contribution >= 0.6 is 27.5 Å². The fourth-order valence-corrected chi connectivity index (χ4v) is 5.72. The third-order valence-electron chi connectivity index (χ3n) is 6.11. The molecule has 0 aliphatic heterocycles. The fourth-order valence-electron chi connectivity index (χ4n) is 3.83. The molecule has 0 heterocycles. The van der Waals surface area contributed by atoms with E-state index < -0.39 is 56.9 Å². The van der Waals surface area contributed by atoms with Crippen molar-refractivity contribution < 1.29 is 31.2 Å². The van der Waals surface area contributed by atoms with E-state index in [2.05, 4.69) is 21.2 Å². The van der Waals surface area contributed by atoms with E-state index in [4.69, 9.17) is 11.6 Å². The second-order valence-electron chi connectivity index (χ2n) is 8.92. The molecule has 7 nitrogen and oxygen atoms in total. The lowest BCUT2D eigenvalue weighted by atomic mass is 10.1. The van der Waals surface area contributed by atoms with Gasteiger partial charge in [-0.2, -0.15) is 13.2 Å². The molecule has 1 unspecified atom stereocenters. The minimum absolute atomic E-state index is 0.0620. The maximum atomic E-state index is 13.8. The number of aryl methyl sites for hydroxylation is 1. The van der Waals surface area contributed by atoms with Crippen LogP contribution in [0, 0.1) is 6.92 Å². The molecular formula is C27H26BrClF3N3O4S. The van der Waals surface area contributed by atoms with E-state index in [0.29, 0.717) is 15.9 Å². The van der Waals surface area contributed by atoms with Crippen molar-refractivity contribution in [2.45, 2.75) is 37.5 Å². The Morgan fingerprint density at radius 3 is 2.17 bits per heavy atom. The summed E-state index contributed by atoms with van der Waals surface area (Å²) in [4.78, 5) is 27.2. The molecule has 1 atom stereocenters. The Labute approximate surface area is 244 Å². The van der Waals surface area contributed by atoms with Crippen LogP contribution in [0.2, 0.25) is 5.02 Å². The molecule has 1 N–H and O–H groups in total. The molecular weight excluding hydrogens is 635 g/mol. The van der Waals surface area contributed by atoms with E-state index in [1.54, 1.807) is 31.2 Å². The van der Waals surface area contributed by atoms with E-state index in [-0.39, 0.29) is 11.4 Å². The molecule has 2 amide bonds. The van der Waals surface area contributed by atoms with Crippen molar-refractivity contribution in [1.29, 1.82) is 0 Å². The Morgan fingerprint density at radius 1 is 1.02 bits per heavy atom. The van der Waals surface area contributed by atoms with Crippen LogP contribution in [0.3, 0.4) is 0 Å². The normalized spacial score (nSPS) is 12.5. The molecule has 0 aliphatic rings. The zero-order valence-corrected chi connectivity index (χ0v) is 24.8. The molecule has 40 heavy (non-hydrogen) atoms. The number of carbonyl (C=O) groups excluding carboxylic acids is 2. The Morgan fingerprint density at radius 2 is 1.62 bits per heavy atom. The number of halogens is 5.